The fourth-order valence-corrected chi connectivity index (χ4v) is 3.80. The van der Waals surface area contributed by atoms with Crippen LogP contribution in [0.4, 0.5) is 0 Å². The minimum Gasteiger partial charge on any atom is -0.379 e. The van der Waals surface area contributed by atoms with E-state index in [2.05, 4.69) is 46.5 Å². The number of ether oxygens (including phenoxy) is 1. The molecule has 1 aromatic heterocycles. The van der Waals surface area contributed by atoms with Gasteiger partial charge in [-0.2, -0.15) is 0 Å². The Balaban J connectivity index is 0.00000392. The van der Waals surface area contributed by atoms with Crippen LogP contribution in [-0.4, -0.2) is 87.7 Å². The molecule has 0 bridgehead atoms. The highest BCUT2D eigenvalue weighted by atomic mass is 127. The summed E-state index contributed by atoms with van der Waals surface area (Å²) < 4.78 is 5.39. The van der Waals surface area contributed by atoms with E-state index < -0.39 is 0 Å². The standard InChI is InChI=1S/C19H33N5O2S.HI/c1-15(13-17-6-5-16(2)27-17)22-19(21-14-18(25)23(3)4)20-7-8-24-9-11-26-12-10-24;/h5-6,15H,7-14H2,1-4H3,(H2,20,21,22);1H. The first-order chi connectivity index (χ1) is 12.9. The molecule has 1 aromatic rings. The Hall–Kier alpha value is -0.910. The largest absolute Gasteiger partial charge is 0.379 e. The zero-order chi connectivity index (χ0) is 19.6. The van der Waals surface area contributed by atoms with Gasteiger partial charge in [0.05, 0.1) is 13.2 Å². The fraction of sp³-hybridized carbons (Fsp3) is 0.684. The monoisotopic (exact) mass is 523 g/mol. The van der Waals surface area contributed by atoms with Crippen molar-refractivity contribution in [1.82, 2.24) is 20.4 Å². The van der Waals surface area contributed by atoms with Crippen LogP contribution in [-0.2, 0) is 16.0 Å². The lowest BCUT2D eigenvalue weighted by Crippen LogP contribution is -2.47. The maximum atomic E-state index is 11.9. The van der Waals surface area contributed by atoms with Gasteiger partial charge in [0.15, 0.2) is 5.96 Å². The summed E-state index contributed by atoms with van der Waals surface area (Å²) in [6, 6.07) is 4.56. The number of amides is 1. The molecule has 0 aliphatic carbocycles. The third-order valence-electron chi connectivity index (χ3n) is 4.38. The van der Waals surface area contributed by atoms with Crippen molar-refractivity contribution in [2.24, 2.45) is 4.99 Å². The number of aliphatic imine (C=N–C) groups is 1. The van der Waals surface area contributed by atoms with Crippen LogP contribution in [0.2, 0.25) is 0 Å². The number of morpholine rings is 1. The molecule has 28 heavy (non-hydrogen) atoms. The number of nitrogens with one attached hydrogen (secondary N) is 2. The Labute approximate surface area is 189 Å². The predicted octanol–water partition coefficient (Wildman–Crippen LogP) is 1.56. The third kappa shape index (κ3) is 9.53. The lowest BCUT2D eigenvalue weighted by atomic mass is 10.2. The number of guanidine groups is 1. The van der Waals surface area contributed by atoms with E-state index in [1.807, 2.05) is 11.3 Å². The summed E-state index contributed by atoms with van der Waals surface area (Å²) in [5, 5.41) is 6.81. The molecule has 2 N–H and O–H groups in total. The number of carbonyl (C=O) groups excluding carboxylic acids is 1. The van der Waals surface area contributed by atoms with E-state index >= 15 is 0 Å². The fourth-order valence-electron chi connectivity index (χ4n) is 2.78. The van der Waals surface area contributed by atoms with Gasteiger partial charge in [-0.15, -0.1) is 35.3 Å². The SMILES string of the molecule is Cc1ccc(CC(C)NC(=NCC(=O)N(C)C)NCCN2CCOCC2)s1.I. The molecule has 1 aliphatic heterocycles. The van der Waals surface area contributed by atoms with E-state index in [1.54, 1.807) is 19.0 Å². The zero-order valence-electron chi connectivity index (χ0n) is 17.4. The molecule has 1 saturated heterocycles. The first-order valence-corrected chi connectivity index (χ1v) is 10.4. The van der Waals surface area contributed by atoms with Crippen molar-refractivity contribution >= 4 is 47.2 Å². The molecule has 1 atom stereocenters. The number of hydrogen-bond donors (Lipinski definition) is 2. The lowest BCUT2D eigenvalue weighted by molar-refractivity contribution is -0.127. The second-order valence-corrected chi connectivity index (χ2v) is 8.47. The molecule has 0 spiro atoms. The van der Waals surface area contributed by atoms with Gasteiger partial charge < -0.3 is 20.3 Å². The Morgan fingerprint density at radius 1 is 1.36 bits per heavy atom. The summed E-state index contributed by atoms with van der Waals surface area (Å²) in [4.78, 5) is 23.0. The first-order valence-electron chi connectivity index (χ1n) is 9.54. The molecular formula is C19H34IN5O2S. The van der Waals surface area contributed by atoms with E-state index in [1.165, 1.54) is 9.75 Å². The average molecular weight is 523 g/mol. The van der Waals surface area contributed by atoms with Crippen LogP contribution in [0.25, 0.3) is 0 Å². The Morgan fingerprint density at radius 2 is 2.07 bits per heavy atom. The second-order valence-electron chi connectivity index (χ2n) is 7.10. The van der Waals surface area contributed by atoms with Crippen LogP contribution in [0.3, 0.4) is 0 Å². The van der Waals surface area contributed by atoms with Crippen LogP contribution in [0, 0.1) is 6.92 Å². The number of thiophene rings is 1. The van der Waals surface area contributed by atoms with Gasteiger partial charge in [0.25, 0.3) is 0 Å². The topological polar surface area (TPSA) is 69.2 Å². The molecular weight excluding hydrogens is 489 g/mol. The first kappa shape index (κ1) is 25.1. The van der Waals surface area contributed by atoms with Crippen molar-refractivity contribution in [2.45, 2.75) is 26.3 Å². The lowest BCUT2D eigenvalue weighted by Gasteiger charge is -2.27. The van der Waals surface area contributed by atoms with Gasteiger partial charge in [0.2, 0.25) is 5.91 Å². The van der Waals surface area contributed by atoms with E-state index in [4.69, 9.17) is 4.74 Å². The van der Waals surface area contributed by atoms with Crippen LogP contribution in [0.5, 0.6) is 0 Å². The highest BCUT2D eigenvalue weighted by molar-refractivity contribution is 14.0. The smallest absolute Gasteiger partial charge is 0.243 e. The molecule has 1 amide bonds. The van der Waals surface area contributed by atoms with Crippen LogP contribution < -0.4 is 10.6 Å². The molecule has 1 fully saturated rings. The Bertz CT molecular complexity index is 617. The zero-order valence-corrected chi connectivity index (χ0v) is 20.5. The molecule has 2 rings (SSSR count). The quantitative estimate of drug-likeness (QED) is 0.308. The summed E-state index contributed by atoms with van der Waals surface area (Å²) >= 11 is 1.82. The number of nitrogens with zero attached hydrogens (tertiary/aromatic N) is 3. The van der Waals surface area contributed by atoms with Gasteiger partial charge >= 0.3 is 0 Å². The number of halogens is 1. The number of rotatable bonds is 8. The van der Waals surface area contributed by atoms with Gasteiger partial charge in [0.1, 0.15) is 6.54 Å². The van der Waals surface area contributed by atoms with Crippen molar-refractivity contribution in [3.05, 3.63) is 21.9 Å². The van der Waals surface area contributed by atoms with Crippen molar-refractivity contribution in [3.63, 3.8) is 0 Å². The highest BCUT2D eigenvalue weighted by Gasteiger charge is 2.12. The van der Waals surface area contributed by atoms with Gasteiger partial charge in [-0.05, 0) is 26.0 Å². The van der Waals surface area contributed by atoms with E-state index in [0.29, 0.717) is 5.96 Å². The minimum atomic E-state index is -0.00851. The predicted molar refractivity (Wildman–Crippen MR) is 127 cm³/mol. The number of carbonyl (C=O) groups is 1. The van der Waals surface area contributed by atoms with Crippen LogP contribution in [0.1, 0.15) is 16.7 Å². The summed E-state index contributed by atoms with van der Waals surface area (Å²) in [5.41, 5.74) is 0. The molecule has 0 saturated carbocycles. The van der Waals surface area contributed by atoms with Crippen molar-refractivity contribution in [2.75, 3.05) is 60.0 Å². The molecule has 2 heterocycles. The molecule has 0 aromatic carbocycles. The van der Waals surface area contributed by atoms with Gasteiger partial charge in [-0.3, -0.25) is 9.69 Å². The summed E-state index contributed by atoms with van der Waals surface area (Å²) in [6.45, 7) is 9.66. The maximum Gasteiger partial charge on any atom is 0.243 e. The minimum absolute atomic E-state index is 0. The van der Waals surface area contributed by atoms with Gasteiger partial charge in [-0.1, -0.05) is 0 Å². The number of aryl methyl sites for hydroxylation is 1. The Morgan fingerprint density at radius 3 is 2.68 bits per heavy atom. The summed E-state index contributed by atoms with van der Waals surface area (Å²) in [6.07, 6.45) is 0.935. The molecule has 1 unspecified atom stereocenters. The molecule has 9 heteroatoms. The molecule has 160 valence electrons. The maximum absolute atomic E-state index is 11.9. The van der Waals surface area contributed by atoms with Crippen LogP contribution in [0.15, 0.2) is 17.1 Å². The highest BCUT2D eigenvalue weighted by Crippen LogP contribution is 2.16. The van der Waals surface area contributed by atoms with Crippen molar-refractivity contribution in [1.29, 1.82) is 0 Å². The average Bonchev–Trinajstić information content (AvgIpc) is 3.04. The Kier molecular flexibility index (Phi) is 12.0. The molecule has 1 aliphatic rings. The second kappa shape index (κ2) is 13.3. The normalized spacial score (nSPS) is 16.2. The summed E-state index contributed by atoms with van der Waals surface area (Å²) in [7, 11) is 3.50. The van der Waals surface area contributed by atoms with Crippen molar-refractivity contribution < 1.29 is 9.53 Å². The van der Waals surface area contributed by atoms with Gasteiger partial charge in [-0.25, -0.2) is 4.99 Å². The van der Waals surface area contributed by atoms with E-state index in [0.717, 1.165) is 45.8 Å². The number of hydrogen-bond acceptors (Lipinski definition) is 5. The van der Waals surface area contributed by atoms with E-state index in [9.17, 15) is 4.79 Å². The molecule has 0 radical (unpaired) electrons. The van der Waals surface area contributed by atoms with Gasteiger partial charge in [0, 0.05) is 62.5 Å². The van der Waals surface area contributed by atoms with Crippen molar-refractivity contribution in [3.8, 4) is 0 Å². The number of likely N-dealkylation sites (N-methyl/N-ethyl adjacent to an activating group) is 1. The summed E-state index contributed by atoms with van der Waals surface area (Å²) in [5.74, 6) is 0.685. The van der Waals surface area contributed by atoms with Crippen LogP contribution >= 0.6 is 35.3 Å². The third-order valence-corrected chi connectivity index (χ3v) is 5.40. The van der Waals surface area contributed by atoms with E-state index in [-0.39, 0.29) is 42.5 Å². The molecule has 7 nitrogen and oxygen atoms in total.